The molecule has 0 aromatic heterocycles. The maximum atomic E-state index is 12.9. The zero-order chi connectivity index (χ0) is 17.5. The van der Waals surface area contributed by atoms with E-state index < -0.39 is 5.97 Å². The predicted molar refractivity (Wildman–Crippen MR) is 97.3 cm³/mol. The van der Waals surface area contributed by atoms with Crippen molar-refractivity contribution in [3.8, 4) is 0 Å². The summed E-state index contributed by atoms with van der Waals surface area (Å²) in [6, 6.07) is 9.55. The lowest BCUT2D eigenvalue weighted by molar-refractivity contribution is -0.141. The molecule has 1 aromatic carbocycles. The van der Waals surface area contributed by atoms with Crippen LogP contribution in [0.15, 0.2) is 30.3 Å². The Hall–Kier alpha value is -1.84. The van der Waals surface area contributed by atoms with Crippen LogP contribution >= 0.6 is 0 Å². The van der Waals surface area contributed by atoms with Gasteiger partial charge in [0.05, 0.1) is 5.56 Å². The van der Waals surface area contributed by atoms with Gasteiger partial charge in [0, 0.05) is 12.1 Å². The maximum absolute atomic E-state index is 12.9. The van der Waals surface area contributed by atoms with Crippen LogP contribution in [0, 0.1) is 0 Å². The standard InChI is InChI=1S/C21H29NO3/c23-20(16-25-21(24)17-10-4-1-5-11-17)22(18-12-6-2-7-13-18)19-14-8-3-9-15-19/h1,4-5,10-11,18-19H,2-3,6-9,12-16H2. The molecule has 1 aromatic rings. The average molecular weight is 343 g/mol. The third-order valence-corrected chi connectivity index (χ3v) is 5.56. The minimum atomic E-state index is -0.416. The first-order valence-electron chi connectivity index (χ1n) is 9.79. The van der Waals surface area contributed by atoms with E-state index >= 15 is 0 Å². The highest BCUT2D eigenvalue weighted by molar-refractivity contribution is 5.91. The molecule has 2 saturated carbocycles. The Morgan fingerprint density at radius 2 is 1.36 bits per heavy atom. The van der Waals surface area contributed by atoms with Gasteiger partial charge in [-0.2, -0.15) is 0 Å². The number of carbonyl (C=O) groups excluding carboxylic acids is 2. The van der Waals surface area contributed by atoms with Gasteiger partial charge >= 0.3 is 5.97 Å². The first-order valence-corrected chi connectivity index (χ1v) is 9.79. The number of hydrogen-bond acceptors (Lipinski definition) is 3. The van der Waals surface area contributed by atoms with E-state index in [9.17, 15) is 9.59 Å². The summed E-state index contributed by atoms with van der Waals surface area (Å²) in [5, 5.41) is 0. The fourth-order valence-corrected chi connectivity index (χ4v) is 4.28. The number of rotatable bonds is 5. The zero-order valence-electron chi connectivity index (χ0n) is 15.0. The van der Waals surface area contributed by atoms with Crippen LogP contribution in [0.1, 0.15) is 74.6 Å². The van der Waals surface area contributed by atoms with E-state index in [-0.39, 0.29) is 12.5 Å². The number of esters is 1. The molecule has 2 aliphatic rings. The fourth-order valence-electron chi connectivity index (χ4n) is 4.28. The number of ether oxygens (including phenoxy) is 1. The van der Waals surface area contributed by atoms with E-state index in [2.05, 4.69) is 4.90 Å². The summed E-state index contributed by atoms with van der Waals surface area (Å²) in [7, 11) is 0. The molecule has 0 spiro atoms. The summed E-state index contributed by atoms with van der Waals surface area (Å²) in [6.45, 7) is -0.138. The fraction of sp³-hybridized carbons (Fsp3) is 0.619. The van der Waals surface area contributed by atoms with Gasteiger partial charge in [-0.05, 0) is 37.8 Å². The van der Waals surface area contributed by atoms with Gasteiger partial charge in [0.15, 0.2) is 6.61 Å². The minimum absolute atomic E-state index is 0.0110. The van der Waals surface area contributed by atoms with Gasteiger partial charge in [0.1, 0.15) is 0 Å². The van der Waals surface area contributed by atoms with E-state index in [1.165, 1.54) is 38.5 Å². The molecule has 0 radical (unpaired) electrons. The number of carbonyl (C=O) groups is 2. The van der Waals surface area contributed by atoms with E-state index in [1.54, 1.807) is 24.3 Å². The van der Waals surface area contributed by atoms with Crippen molar-refractivity contribution in [2.75, 3.05) is 6.61 Å². The lowest BCUT2D eigenvalue weighted by atomic mass is 9.88. The Balaban J connectivity index is 1.62. The molecule has 25 heavy (non-hydrogen) atoms. The third-order valence-electron chi connectivity index (χ3n) is 5.56. The van der Waals surface area contributed by atoms with Gasteiger partial charge in [-0.1, -0.05) is 56.7 Å². The number of hydrogen-bond donors (Lipinski definition) is 0. The van der Waals surface area contributed by atoms with Crippen molar-refractivity contribution in [1.29, 1.82) is 0 Å². The van der Waals surface area contributed by atoms with Crippen molar-refractivity contribution in [2.24, 2.45) is 0 Å². The number of nitrogens with zero attached hydrogens (tertiary/aromatic N) is 1. The van der Waals surface area contributed by atoms with Crippen molar-refractivity contribution in [1.82, 2.24) is 4.90 Å². The first kappa shape index (κ1) is 18.0. The quantitative estimate of drug-likeness (QED) is 0.747. The molecule has 0 bridgehead atoms. The second kappa shape index (κ2) is 9.02. The molecule has 0 atom stereocenters. The monoisotopic (exact) mass is 343 g/mol. The summed E-state index contributed by atoms with van der Waals surface area (Å²) in [4.78, 5) is 27.2. The first-order chi connectivity index (χ1) is 12.3. The van der Waals surface area contributed by atoms with Crippen LogP contribution in [0.5, 0.6) is 0 Å². The smallest absolute Gasteiger partial charge is 0.338 e. The van der Waals surface area contributed by atoms with Gasteiger partial charge in [-0.15, -0.1) is 0 Å². The molecule has 0 heterocycles. The van der Waals surface area contributed by atoms with Gasteiger partial charge in [0.25, 0.3) is 5.91 Å². The van der Waals surface area contributed by atoms with Crippen LogP contribution in [-0.4, -0.2) is 35.5 Å². The van der Waals surface area contributed by atoms with Gasteiger partial charge in [0.2, 0.25) is 0 Å². The summed E-state index contributed by atoms with van der Waals surface area (Å²) in [5.74, 6) is -0.427. The maximum Gasteiger partial charge on any atom is 0.338 e. The molecule has 136 valence electrons. The van der Waals surface area contributed by atoms with Crippen LogP contribution in [-0.2, 0) is 9.53 Å². The Bertz CT molecular complexity index is 542. The average Bonchev–Trinajstić information content (AvgIpc) is 2.69. The molecule has 2 fully saturated rings. The van der Waals surface area contributed by atoms with Crippen molar-refractivity contribution in [2.45, 2.75) is 76.3 Å². The predicted octanol–water partition coefficient (Wildman–Crippen LogP) is 4.34. The van der Waals surface area contributed by atoms with Crippen LogP contribution in [0.3, 0.4) is 0 Å². The highest BCUT2D eigenvalue weighted by Gasteiger charge is 2.32. The zero-order valence-corrected chi connectivity index (χ0v) is 15.0. The summed E-state index contributed by atoms with van der Waals surface area (Å²) in [5.41, 5.74) is 0.497. The Labute approximate surface area is 150 Å². The van der Waals surface area contributed by atoms with Crippen LogP contribution in [0.25, 0.3) is 0 Å². The van der Waals surface area contributed by atoms with Crippen LogP contribution in [0.4, 0.5) is 0 Å². The van der Waals surface area contributed by atoms with Crippen molar-refractivity contribution < 1.29 is 14.3 Å². The third kappa shape index (κ3) is 4.83. The van der Waals surface area contributed by atoms with E-state index in [0.29, 0.717) is 17.6 Å². The van der Waals surface area contributed by atoms with Gasteiger partial charge in [-0.3, -0.25) is 4.79 Å². The van der Waals surface area contributed by atoms with Crippen LogP contribution < -0.4 is 0 Å². The van der Waals surface area contributed by atoms with Gasteiger partial charge < -0.3 is 9.64 Å². The molecule has 0 unspecified atom stereocenters. The summed E-state index contributed by atoms with van der Waals surface area (Å²) < 4.78 is 5.32. The summed E-state index contributed by atoms with van der Waals surface area (Å²) >= 11 is 0. The van der Waals surface area contributed by atoms with E-state index in [1.807, 2.05) is 6.07 Å². The molecular weight excluding hydrogens is 314 g/mol. The SMILES string of the molecule is O=C(OCC(=O)N(C1CCCCC1)C1CCCCC1)c1ccccc1. The molecule has 4 nitrogen and oxygen atoms in total. The second-order valence-electron chi connectivity index (χ2n) is 7.33. The topological polar surface area (TPSA) is 46.6 Å². The molecular formula is C21H29NO3. The molecule has 4 heteroatoms. The van der Waals surface area contributed by atoms with Crippen molar-refractivity contribution in [3.63, 3.8) is 0 Å². The van der Waals surface area contributed by atoms with E-state index in [4.69, 9.17) is 4.74 Å². The van der Waals surface area contributed by atoms with Crippen LogP contribution in [0.2, 0.25) is 0 Å². The highest BCUT2D eigenvalue weighted by Crippen LogP contribution is 2.30. The largest absolute Gasteiger partial charge is 0.452 e. The molecule has 0 aliphatic heterocycles. The Morgan fingerprint density at radius 1 is 0.840 bits per heavy atom. The van der Waals surface area contributed by atoms with Crippen molar-refractivity contribution in [3.05, 3.63) is 35.9 Å². The molecule has 0 N–H and O–H groups in total. The minimum Gasteiger partial charge on any atom is -0.452 e. The highest BCUT2D eigenvalue weighted by atomic mass is 16.5. The second-order valence-corrected chi connectivity index (χ2v) is 7.33. The lowest BCUT2D eigenvalue weighted by Gasteiger charge is -2.41. The lowest BCUT2D eigenvalue weighted by Crippen LogP contribution is -2.50. The Kier molecular flexibility index (Phi) is 6.48. The molecule has 3 rings (SSSR count). The summed E-state index contributed by atoms with van der Waals surface area (Å²) in [6.07, 6.45) is 11.7. The van der Waals surface area contributed by atoms with E-state index in [0.717, 1.165) is 25.7 Å². The normalized spacial score (nSPS) is 19.4. The molecule has 0 saturated heterocycles. The van der Waals surface area contributed by atoms with Crippen molar-refractivity contribution >= 4 is 11.9 Å². The number of benzene rings is 1. The Morgan fingerprint density at radius 3 is 1.88 bits per heavy atom. The van der Waals surface area contributed by atoms with Gasteiger partial charge in [-0.25, -0.2) is 4.79 Å². The number of amides is 1. The molecule has 1 amide bonds. The molecule has 2 aliphatic carbocycles.